The Morgan fingerprint density at radius 1 is 1.29 bits per heavy atom. The number of pyridine rings is 1. The van der Waals surface area contributed by atoms with E-state index in [0.29, 0.717) is 6.04 Å². The highest BCUT2D eigenvalue weighted by Gasteiger charge is 2.04. The maximum Gasteiger partial charge on any atom is 0.126 e. The molecule has 0 saturated heterocycles. The Hall–Kier alpha value is -1.77. The minimum Gasteiger partial charge on any atom is -0.368 e. The molecule has 3 heteroatoms. The molecule has 0 fully saturated rings. The van der Waals surface area contributed by atoms with E-state index >= 15 is 0 Å². The minimum absolute atomic E-state index is 0.430. The first kappa shape index (κ1) is 11.7. The largest absolute Gasteiger partial charge is 0.368 e. The van der Waals surface area contributed by atoms with Crippen LogP contribution in [-0.2, 0) is 13.5 Å². The van der Waals surface area contributed by atoms with Crippen LogP contribution in [0, 0.1) is 0 Å². The fraction of sp³-hybridized carbons (Fsp3) is 0.357. The first-order valence-electron chi connectivity index (χ1n) is 6.03. The van der Waals surface area contributed by atoms with E-state index in [2.05, 4.69) is 47.2 Å². The molecule has 0 aliphatic rings. The second-order valence-electron chi connectivity index (χ2n) is 4.41. The smallest absolute Gasteiger partial charge is 0.126 e. The summed E-state index contributed by atoms with van der Waals surface area (Å²) in [5.74, 6) is 0.951. The number of nitrogens with one attached hydrogen (secondary N) is 1. The van der Waals surface area contributed by atoms with Gasteiger partial charge in [-0.05, 0) is 44.0 Å². The van der Waals surface area contributed by atoms with E-state index in [1.54, 1.807) is 0 Å². The Labute approximate surface area is 103 Å². The molecule has 0 aliphatic heterocycles. The van der Waals surface area contributed by atoms with E-state index < -0.39 is 0 Å². The quantitative estimate of drug-likeness (QED) is 0.854. The van der Waals surface area contributed by atoms with Crippen molar-refractivity contribution in [2.24, 2.45) is 7.05 Å². The fourth-order valence-corrected chi connectivity index (χ4v) is 1.89. The van der Waals surface area contributed by atoms with Gasteiger partial charge in [0.25, 0.3) is 0 Å². The first-order chi connectivity index (χ1) is 8.25. The van der Waals surface area contributed by atoms with Crippen molar-refractivity contribution in [3.8, 4) is 0 Å². The SMILES string of the molecule is C[C@@H](CCc1cccn1C)Nc1ccccn1. The number of aromatic nitrogens is 2. The van der Waals surface area contributed by atoms with Crippen molar-refractivity contribution in [1.82, 2.24) is 9.55 Å². The molecule has 2 heterocycles. The highest BCUT2D eigenvalue weighted by atomic mass is 15.0. The van der Waals surface area contributed by atoms with Gasteiger partial charge in [0.2, 0.25) is 0 Å². The third-order valence-electron chi connectivity index (χ3n) is 2.94. The number of hydrogen-bond acceptors (Lipinski definition) is 2. The van der Waals surface area contributed by atoms with Gasteiger partial charge in [-0.2, -0.15) is 0 Å². The number of rotatable bonds is 5. The average Bonchev–Trinajstić information content (AvgIpc) is 2.74. The van der Waals surface area contributed by atoms with Gasteiger partial charge < -0.3 is 9.88 Å². The molecular weight excluding hydrogens is 210 g/mol. The Kier molecular flexibility index (Phi) is 3.81. The molecule has 0 aliphatic carbocycles. The van der Waals surface area contributed by atoms with E-state index in [1.165, 1.54) is 5.69 Å². The monoisotopic (exact) mass is 229 g/mol. The molecule has 2 rings (SSSR count). The van der Waals surface area contributed by atoms with Crippen LogP contribution in [0.25, 0.3) is 0 Å². The lowest BCUT2D eigenvalue weighted by molar-refractivity contribution is 0.673. The lowest BCUT2D eigenvalue weighted by Gasteiger charge is -2.14. The number of anilines is 1. The summed E-state index contributed by atoms with van der Waals surface area (Å²) in [7, 11) is 2.09. The minimum atomic E-state index is 0.430. The van der Waals surface area contributed by atoms with Crippen LogP contribution in [0.15, 0.2) is 42.7 Å². The molecule has 0 bridgehead atoms. The molecule has 0 amide bonds. The maximum atomic E-state index is 4.26. The van der Waals surface area contributed by atoms with Gasteiger partial charge in [0.05, 0.1) is 0 Å². The summed E-state index contributed by atoms with van der Waals surface area (Å²) in [5.41, 5.74) is 1.37. The van der Waals surface area contributed by atoms with Gasteiger partial charge >= 0.3 is 0 Å². The van der Waals surface area contributed by atoms with Crippen LogP contribution >= 0.6 is 0 Å². The van der Waals surface area contributed by atoms with Crippen molar-refractivity contribution < 1.29 is 0 Å². The summed E-state index contributed by atoms with van der Waals surface area (Å²) < 4.78 is 2.17. The molecule has 0 radical (unpaired) electrons. The molecule has 90 valence electrons. The highest BCUT2D eigenvalue weighted by Crippen LogP contribution is 2.09. The molecule has 17 heavy (non-hydrogen) atoms. The van der Waals surface area contributed by atoms with E-state index in [-0.39, 0.29) is 0 Å². The number of hydrogen-bond donors (Lipinski definition) is 1. The van der Waals surface area contributed by atoms with Crippen molar-refractivity contribution in [2.75, 3.05) is 5.32 Å². The Balaban J connectivity index is 1.82. The van der Waals surface area contributed by atoms with Gasteiger partial charge in [0.1, 0.15) is 5.82 Å². The third-order valence-corrected chi connectivity index (χ3v) is 2.94. The van der Waals surface area contributed by atoms with E-state index in [1.807, 2.05) is 24.4 Å². The number of aryl methyl sites for hydroxylation is 2. The highest BCUT2D eigenvalue weighted by molar-refractivity contribution is 5.34. The zero-order chi connectivity index (χ0) is 12.1. The summed E-state index contributed by atoms with van der Waals surface area (Å²) in [6.45, 7) is 2.19. The predicted molar refractivity (Wildman–Crippen MR) is 71.1 cm³/mol. The van der Waals surface area contributed by atoms with Crippen molar-refractivity contribution in [2.45, 2.75) is 25.8 Å². The Bertz CT molecular complexity index is 448. The zero-order valence-electron chi connectivity index (χ0n) is 10.4. The van der Waals surface area contributed by atoms with Crippen LogP contribution in [0.2, 0.25) is 0 Å². The van der Waals surface area contributed by atoms with Crippen LogP contribution in [0.4, 0.5) is 5.82 Å². The van der Waals surface area contributed by atoms with Crippen LogP contribution in [0.1, 0.15) is 19.0 Å². The summed E-state index contributed by atoms with van der Waals surface area (Å²) in [6.07, 6.45) is 6.09. The van der Waals surface area contributed by atoms with Gasteiger partial charge in [0, 0.05) is 31.2 Å². The van der Waals surface area contributed by atoms with Crippen LogP contribution in [-0.4, -0.2) is 15.6 Å². The standard InChI is InChI=1S/C14H19N3/c1-12(16-14-7-3-4-10-15-14)8-9-13-6-5-11-17(13)2/h3-7,10-12H,8-9H2,1-2H3,(H,15,16)/t12-/m0/s1. The molecule has 1 N–H and O–H groups in total. The second-order valence-corrected chi connectivity index (χ2v) is 4.41. The lowest BCUT2D eigenvalue weighted by Crippen LogP contribution is -2.17. The van der Waals surface area contributed by atoms with Crippen LogP contribution in [0.3, 0.4) is 0 Å². The fourth-order valence-electron chi connectivity index (χ4n) is 1.89. The second kappa shape index (κ2) is 5.53. The number of nitrogens with zero attached hydrogens (tertiary/aromatic N) is 2. The molecule has 0 aromatic carbocycles. The Morgan fingerprint density at radius 3 is 2.82 bits per heavy atom. The van der Waals surface area contributed by atoms with Crippen molar-refractivity contribution in [3.63, 3.8) is 0 Å². The molecule has 1 atom stereocenters. The van der Waals surface area contributed by atoms with Crippen molar-refractivity contribution in [3.05, 3.63) is 48.4 Å². The first-order valence-corrected chi connectivity index (χ1v) is 6.03. The van der Waals surface area contributed by atoms with Gasteiger partial charge in [-0.3, -0.25) is 0 Å². The van der Waals surface area contributed by atoms with Crippen molar-refractivity contribution >= 4 is 5.82 Å². The molecular formula is C14H19N3. The normalized spacial score (nSPS) is 12.4. The third kappa shape index (κ3) is 3.34. The van der Waals surface area contributed by atoms with Crippen molar-refractivity contribution in [1.29, 1.82) is 0 Å². The van der Waals surface area contributed by atoms with Gasteiger partial charge in [0.15, 0.2) is 0 Å². The predicted octanol–water partition coefficient (Wildman–Crippen LogP) is 2.85. The summed E-state index contributed by atoms with van der Waals surface area (Å²) in [6, 6.07) is 10.6. The molecule has 0 saturated carbocycles. The zero-order valence-corrected chi connectivity index (χ0v) is 10.4. The van der Waals surface area contributed by atoms with Gasteiger partial charge in [-0.25, -0.2) is 4.98 Å². The van der Waals surface area contributed by atoms with E-state index in [4.69, 9.17) is 0 Å². The van der Waals surface area contributed by atoms with Crippen LogP contribution in [0.5, 0.6) is 0 Å². The summed E-state index contributed by atoms with van der Waals surface area (Å²) in [4.78, 5) is 4.26. The molecule has 3 nitrogen and oxygen atoms in total. The van der Waals surface area contributed by atoms with E-state index in [0.717, 1.165) is 18.7 Å². The Morgan fingerprint density at radius 2 is 2.18 bits per heavy atom. The topological polar surface area (TPSA) is 29.9 Å². The van der Waals surface area contributed by atoms with Gasteiger partial charge in [-0.1, -0.05) is 6.07 Å². The van der Waals surface area contributed by atoms with Gasteiger partial charge in [-0.15, -0.1) is 0 Å². The molecule has 0 spiro atoms. The van der Waals surface area contributed by atoms with Crippen LogP contribution < -0.4 is 5.32 Å². The average molecular weight is 229 g/mol. The molecule has 2 aromatic heterocycles. The molecule has 2 aromatic rings. The molecule has 0 unspecified atom stereocenters. The maximum absolute atomic E-state index is 4.26. The summed E-state index contributed by atoms with van der Waals surface area (Å²) in [5, 5.41) is 3.40. The lowest BCUT2D eigenvalue weighted by atomic mass is 10.1. The van der Waals surface area contributed by atoms with E-state index in [9.17, 15) is 0 Å². The summed E-state index contributed by atoms with van der Waals surface area (Å²) >= 11 is 0.